The first-order valence-electron chi connectivity index (χ1n) is 7.73. The van der Waals surface area contributed by atoms with Crippen LogP contribution in [-0.4, -0.2) is 28.9 Å². The Morgan fingerprint density at radius 3 is 2.76 bits per heavy atom. The zero-order chi connectivity index (χ0) is 18.1. The molecule has 0 spiro atoms. The van der Waals surface area contributed by atoms with Gasteiger partial charge >= 0.3 is 5.69 Å². The number of anilines is 1. The molecule has 130 valence electrons. The van der Waals surface area contributed by atoms with Gasteiger partial charge in [0, 0.05) is 19.7 Å². The minimum absolute atomic E-state index is 0.0963. The molecule has 0 radical (unpaired) electrons. The van der Waals surface area contributed by atoms with E-state index in [0.717, 1.165) is 10.1 Å². The van der Waals surface area contributed by atoms with E-state index in [1.165, 1.54) is 18.7 Å². The van der Waals surface area contributed by atoms with Crippen molar-refractivity contribution in [3.05, 3.63) is 50.2 Å². The standard InChI is InChI=1S/C17H18N4O4/c1-20-15(12(8-18)16(22)21(2)17(20)23)19-11-7-10-5-4-6-13(24-3)14(10)25-9-11/h4-6,11,19H,7,9H2,1-3H3. The predicted molar refractivity (Wildman–Crippen MR) is 91.2 cm³/mol. The first kappa shape index (κ1) is 16.6. The van der Waals surface area contributed by atoms with E-state index in [9.17, 15) is 14.9 Å². The van der Waals surface area contributed by atoms with Gasteiger partial charge in [-0.1, -0.05) is 12.1 Å². The van der Waals surface area contributed by atoms with Crippen molar-refractivity contribution in [1.29, 1.82) is 5.26 Å². The van der Waals surface area contributed by atoms with Crippen LogP contribution in [0.2, 0.25) is 0 Å². The first-order valence-corrected chi connectivity index (χ1v) is 7.73. The van der Waals surface area contributed by atoms with Crippen LogP contribution < -0.4 is 26.0 Å². The zero-order valence-electron chi connectivity index (χ0n) is 14.2. The normalized spacial score (nSPS) is 15.7. The summed E-state index contributed by atoms with van der Waals surface area (Å²) in [6.07, 6.45) is 0.612. The van der Waals surface area contributed by atoms with Crippen LogP contribution in [-0.2, 0) is 20.5 Å². The Morgan fingerprint density at radius 2 is 2.08 bits per heavy atom. The lowest BCUT2D eigenvalue weighted by Crippen LogP contribution is -2.42. The van der Waals surface area contributed by atoms with Crippen molar-refractivity contribution in [3.63, 3.8) is 0 Å². The van der Waals surface area contributed by atoms with Crippen LogP contribution in [0.3, 0.4) is 0 Å². The highest BCUT2D eigenvalue weighted by molar-refractivity contribution is 5.53. The molecule has 0 aliphatic carbocycles. The number of ether oxygens (including phenoxy) is 2. The van der Waals surface area contributed by atoms with E-state index in [4.69, 9.17) is 9.47 Å². The number of para-hydroxylation sites is 1. The quantitative estimate of drug-likeness (QED) is 0.866. The molecule has 1 aliphatic rings. The number of nitrogens with zero attached hydrogens (tertiary/aromatic N) is 3. The molecule has 0 saturated heterocycles. The second kappa shape index (κ2) is 6.36. The van der Waals surface area contributed by atoms with Gasteiger partial charge in [-0.3, -0.25) is 13.9 Å². The van der Waals surface area contributed by atoms with Gasteiger partial charge in [0.05, 0.1) is 13.2 Å². The van der Waals surface area contributed by atoms with E-state index >= 15 is 0 Å². The molecule has 0 saturated carbocycles. The highest BCUT2D eigenvalue weighted by Crippen LogP contribution is 2.35. The van der Waals surface area contributed by atoms with Crippen LogP contribution in [0.4, 0.5) is 5.82 Å². The number of hydrogen-bond donors (Lipinski definition) is 1. The van der Waals surface area contributed by atoms with Gasteiger partial charge in [-0.15, -0.1) is 0 Å². The van der Waals surface area contributed by atoms with Gasteiger partial charge in [0.1, 0.15) is 18.5 Å². The fourth-order valence-electron chi connectivity index (χ4n) is 2.95. The van der Waals surface area contributed by atoms with Crippen molar-refractivity contribution >= 4 is 5.82 Å². The molecule has 2 aromatic rings. The van der Waals surface area contributed by atoms with Gasteiger partial charge in [-0.2, -0.15) is 5.26 Å². The molecule has 3 rings (SSSR count). The highest BCUT2D eigenvalue weighted by atomic mass is 16.5. The average molecular weight is 342 g/mol. The molecule has 1 aromatic heterocycles. The van der Waals surface area contributed by atoms with E-state index in [1.807, 2.05) is 24.3 Å². The fraction of sp³-hybridized carbons (Fsp3) is 0.353. The summed E-state index contributed by atoms with van der Waals surface area (Å²) in [6.45, 7) is 0.321. The van der Waals surface area contributed by atoms with Gasteiger partial charge in [-0.05, 0) is 12.5 Å². The maximum absolute atomic E-state index is 12.2. The summed E-state index contributed by atoms with van der Waals surface area (Å²) in [5.41, 5.74) is -0.256. The highest BCUT2D eigenvalue weighted by Gasteiger charge is 2.25. The van der Waals surface area contributed by atoms with Crippen molar-refractivity contribution in [2.24, 2.45) is 14.1 Å². The van der Waals surface area contributed by atoms with E-state index in [-0.39, 0.29) is 17.4 Å². The smallest absolute Gasteiger partial charge is 0.332 e. The molecule has 0 fully saturated rings. The minimum Gasteiger partial charge on any atom is -0.493 e. The summed E-state index contributed by atoms with van der Waals surface area (Å²) in [6, 6.07) is 7.32. The maximum atomic E-state index is 12.2. The van der Waals surface area contributed by atoms with E-state index in [1.54, 1.807) is 7.11 Å². The van der Waals surface area contributed by atoms with Crippen LogP contribution in [0, 0.1) is 11.3 Å². The number of nitriles is 1. The van der Waals surface area contributed by atoms with Gasteiger partial charge in [0.25, 0.3) is 5.56 Å². The summed E-state index contributed by atoms with van der Waals surface area (Å²) in [7, 11) is 4.45. The number of fused-ring (bicyclic) bond motifs is 1. The molecule has 0 amide bonds. The van der Waals surface area contributed by atoms with Crippen LogP contribution in [0.1, 0.15) is 11.1 Å². The second-order valence-corrected chi connectivity index (χ2v) is 5.85. The summed E-state index contributed by atoms with van der Waals surface area (Å²) < 4.78 is 13.3. The molecule has 1 unspecified atom stereocenters. The lowest BCUT2D eigenvalue weighted by Gasteiger charge is -2.28. The molecule has 25 heavy (non-hydrogen) atoms. The summed E-state index contributed by atoms with van der Waals surface area (Å²) in [5, 5.41) is 12.4. The third-order valence-corrected chi connectivity index (χ3v) is 4.29. The number of hydrogen-bond acceptors (Lipinski definition) is 6. The Bertz CT molecular complexity index is 984. The van der Waals surface area contributed by atoms with Crippen molar-refractivity contribution < 1.29 is 9.47 Å². The van der Waals surface area contributed by atoms with E-state index < -0.39 is 11.2 Å². The zero-order valence-corrected chi connectivity index (χ0v) is 14.2. The first-order chi connectivity index (χ1) is 12.0. The Hall–Kier alpha value is -3.21. The molecule has 1 aliphatic heterocycles. The Balaban J connectivity index is 1.96. The number of nitrogens with one attached hydrogen (secondary N) is 1. The minimum atomic E-state index is -0.619. The fourth-order valence-corrected chi connectivity index (χ4v) is 2.95. The molecular weight excluding hydrogens is 324 g/mol. The Morgan fingerprint density at radius 1 is 1.32 bits per heavy atom. The molecule has 8 nitrogen and oxygen atoms in total. The van der Waals surface area contributed by atoms with Crippen molar-refractivity contribution in [3.8, 4) is 17.6 Å². The average Bonchev–Trinajstić information content (AvgIpc) is 2.64. The summed E-state index contributed by atoms with van der Waals surface area (Å²) in [4.78, 5) is 24.3. The second-order valence-electron chi connectivity index (χ2n) is 5.85. The lowest BCUT2D eigenvalue weighted by molar-refractivity contribution is 0.255. The predicted octanol–water partition coefficient (Wildman–Crippen LogP) is 0.380. The number of methoxy groups -OCH3 is 1. The molecule has 1 N–H and O–H groups in total. The van der Waals surface area contributed by atoms with Gasteiger partial charge in [-0.25, -0.2) is 4.79 Å². The van der Waals surface area contributed by atoms with Gasteiger partial charge in [0.2, 0.25) is 0 Å². The number of benzene rings is 1. The van der Waals surface area contributed by atoms with Crippen LogP contribution in [0.15, 0.2) is 27.8 Å². The largest absolute Gasteiger partial charge is 0.493 e. The summed E-state index contributed by atoms with van der Waals surface area (Å²) in [5.74, 6) is 1.56. The van der Waals surface area contributed by atoms with Crippen LogP contribution in [0.5, 0.6) is 11.5 Å². The number of rotatable bonds is 3. The SMILES string of the molecule is COc1cccc2c1OCC(Nc1c(C#N)c(=O)n(C)c(=O)n1C)C2. The van der Waals surface area contributed by atoms with Gasteiger partial charge < -0.3 is 14.8 Å². The van der Waals surface area contributed by atoms with Crippen LogP contribution in [0.25, 0.3) is 0 Å². The van der Waals surface area contributed by atoms with Crippen LogP contribution >= 0.6 is 0 Å². The maximum Gasteiger partial charge on any atom is 0.332 e. The molecular formula is C17H18N4O4. The Labute approximate surface area is 143 Å². The van der Waals surface area contributed by atoms with Crippen molar-refractivity contribution in [1.82, 2.24) is 9.13 Å². The third kappa shape index (κ3) is 2.74. The van der Waals surface area contributed by atoms with Crippen molar-refractivity contribution in [2.75, 3.05) is 19.0 Å². The van der Waals surface area contributed by atoms with Gasteiger partial charge in [0.15, 0.2) is 17.1 Å². The lowest BCUT2D eigenvalue weighted by atomic mass is 10.0. The molecule has 1 aromatic carbocycles. The Kier molecular flexibility index (Phi) is 4.23. The third-order valence-electron chi connectivity index (χ3n) is 4.29. The molecule has 2 heterocycles. The van der Waals surface area contributed by atoms with E-state index in [2.05, 4.69) is 5.32 Å². The molecule has 1 atom stereocenters. The van der Waals surface area contributed by atoms with E-state index in [0.29, 0.717) is 24.5 Å². The monoisotopic (exact) mass is 342 g/mol. The molecule has 8 heteroatoms. The number of aromatic nitrogens is 2. The molecule has 0 bridgehead atoms. The summed E-state index contributed by atoms with van der Waals surface area (Å²) >= 11 is 0. The topological polar surface area (TPSA) is 98.3 Å². The van der Waals surface area contributed by atoms with Crippen molar-refractivity contribution in [2.45, 2.75) is 12.5 Å².